The van der Waals surface area contributed by atoms with Gasteiger partial charge >= 0.3 is 0 Å². The maximum absolute atomic E-state index is 13.0. The topological polar surface area (TPSA) is 46.1 Å². The quantitative estimate of drug-likeness (QED) is 0.806. The zero-order valence-electron chi connectivity index (χ0n) is 13.0. The number of carbonyl (C=O) groups is 1. The highest BCUT2D eigenvalue weighted by Crippen LogP contribution is 2.37. The molecule has 1 aromatic heterocycles. The van der Waals surface area contributed by atoms with Gasteiger partial charge in [-0.3, -0.25) is 4.79 Å². The zero-order chi connectivity index (χ0) is 15.7. The molecule has 0 bridgehead atoms. The Morgan fingerprint density at radius 3 is 2.86 bits per heavy atom. The minimum atomic E-state index is -0.0142. The average Bonchev–Trinajstić information content (AvgIpc) is 2.65. The van der Waals surface area contributed by atoms with E-state index >= 15 is 0 Å². The van der Waals surface area contributed by atoms with Crippen LogP contribution in [0, 0.1) is 13.8 Å². The first-order valence-corrected chi connectivity index (χ1v) is 8.32. The smallest absolute Gasteiger partial charge is 0.261 e. The molecule has 4 nitrogen and oxygen atoms in total. The van der Waals surface area contributed by atoms with Gasteiger partial charge in [0.15, 0.2) is 0 Å². The Bertz CT molecular complexity index is 717. The fraction of sp³-hybridized carbons (Fsp3) is 0.353. The van der Waals surface area contributed by atoms with Crippen molar-refractivity contribution in [3.05, 3.63) is 47.5 Å². The van der Waals surface area contributed by atoms with Crippen molar-refractivity contribution >= 4 is 23.4 Å². The maximum Gasteiger partial charge on any atom is 0.261 e. The van der Waals surface area contributed by atoms with Crippen molar-refractivity contribution in [2.45, 2.75) is 37.3 Å². The molecule has 5 heteroatoms. The van der Waals surface area contributed by atoms with E-state index < -0.39 is 0 Å². The molecule has 3 rings (SSSR count). The number of aryl methyl sites for hydroxylation is 2. The van der Waals surface area contributed by atoms with Crippen LogP contribution in [0.15, 0.2) is 35.4 Å². The molecular weight excluding hydrogens is 294 g/mol. The third kappa shape index (κ3) is 2.86. The molecule has 1 aliphatic rings. The molecule has 22 heavy (non-hydrogen) atoms. The first-order chi connectivity index (χ1) is 10.6. The van der Waals surface area contributed by atoms with Gasteiger partial charge in [0.25, 0.3) is 5.91 Å². The van der Waals surface area contributed by atoms with Gasteiger partial charge in [-0.2, -0.15) is 0 Å². The van der Waals surface area contributed by atoms with Gasteiger partial charge in [-0.25, -0.2) is 9.97 Å². The summed E-state index contributed by atoms with van der Waals surface area (Å²) in [6.45, 7) is 6.62. The molecule has 114 valence electrons. The first kappa shape index (κ1) is 15.0. The number of benzene rings is 1. The van der Waals surface area contributed by atoms with Crippen molar-refractivity contribution in [2.24, 2.45) is 0 Å². The summed E-state index contributed by atoms with van der Waals surface area (Å²) >= 11 is 1.83. The SMILES string of the molecule is Cc1ncc(C(=O)N2CCC(C)Sc3ccccc32)c(C)n1. The molecule has 1 aromatic carbocycles. The standard InChI is InChI=1S/C17H19N3OS/c1-11-8-9-20(15-6-4-5-7-16(15)22-11)17(21)14-10-18-13(3)19-12(14)2/h4-7,10-11H,8-9H2,1-3H3. The lowest BCUT2D eigenvalue weighted by molar-refractivity contribution is 0.0985. The van der Waals surface area contributed by atoms with E-state index in [9.17, 15) is 4.79 Å². The minimum absolute atomic E-state index is 0.0142. The number of nitrogens with zero attached hydrogens (tertiary/aromatic N) is 3. The van der Waals surface area contributed by atoms with Crippen LogP contribution in [-0.2, 0) is 0 Å². The summed E-state index contributed by atoms with van der Waals surface area (Å²) in [6.07, 6.45) is 2.61. The van der Waals surface area contributed by atoms with Crippen molar-refractivity contribution in [1.82, 2.24) is 9.97 Å². The van der Waals surface area contributed by atoms with Gasteiger partial charge in [0.05, 0.1) is 16.9 Å². The highest BCUT2D eigenvalue weighted by Gasteiger charge is 2.26. The lowest BCUT2D eigenvalue weighted by atomic mass is 10.1. The van der Waals surface area contributed by atoms with Crippen LogP contribution in [0.5, 0.6) is 0 Å². The van der Waals surface area contributed by atoms with Gasteiger partial charge in [-0.1, -0.05) is 19.1 Å². The van der Waals surface area contributed by atoms with Crippen LogP contribution in [-0.4, -0.2) is 27.7 Å². The predicted molar refractivity (Wildman–Crippen MR) is 89.6 cm³/mol. The van der Waals surface area contributed by atoms with Gasteiger partial charge in [-0.15, -0.1) is 11.8 Å². The Morgan fingerprint density at radius 1 is 1.32 bits per heavy atom. The third-order valence-electron chi connectivity index (χ3n) is 3.82. The summed E-state index contributed by atoms with van der Waals surface area (Å²) in [5.74, 6) is 0.675. The summed E-state index contributed by atoms with van der Waals surface area (Å²) in [7, 11) is 0. The number of para-hydroxylation sites is 1. The van der Waals surface area contributed by atoms with E-state index in [1.54, 1.807) is 6.20 Å². The molecule has 0 radical (unpaired) electrons. The second-order valence-electron chi connectivity index (χ2n) is 5.56. The summed E-state index contributed by atoms with van der Waals surface area (Å²) in [6, 6.07) is 8.10. The monoisotopic (exact) mass is 313 g/mol. The number of fused-ring (bicyclic) bond motifs is 1. The molecule has 1 atom stereocenters. The summed E-state index contributed by atoms with van der Waals surface area (Å²) in [4.78, 5) is 24.5. The number of hydrogen-bond donors (Lipinski definition) is 0. The summed E-state index contributed by atoms with van der Waals surface area (Å²) in [5, 5.41) is 0.495. The van der Waals surface area contributed by atoms with Gasteiger partial charge in [-0.05, 0) is 32.4 Å². The van der Waals surface area contributed by atoms with Gasteiger partial charge in [0, 0.05) is 22.9 Å². The van der Waals surface area contributed by atoms with Crippen LogP contribution in [0.25, 0.3) is 0 Å². The van der Waals surface area contributed by atoms with Crippen LogP contribution in [0.3, 0.4) is 0 Å². The molecule has 1 aliphatic heterocycles. The lowest BCUT2D eigenvalue weighted by Gasteiger charge is -2.23. The molecule has 0 N–H and O–H groups in total. The molecule has 1 amide bonds. The second-order valence-corrected chi connectivity index (χ2v) is 7.04. The number of aromatic nitrogens is 2. The van der Waals surface area contributed by atoms with Crippen molar-refractivity contribution < 1.29 is 4.79 Å². The Balaban J connectivity index is 2.02. The summed E-state index contributed by atoms with van der Waals surface area (Å²) < 4.78 is 0. The highest BCUT2D eigenvalue weighted by atomic mass is 32.2. The molecule has 2 aromatic rings. The molecular formula is C17H19N3OS. The average molecular weight is 313 g/mol. The van der Waals surface area contributed by atoms with Gasteiger partial charge in [0.1, 0.15) is 5.82 Å². The third-order valence-corrected chi connectivity index (χ3v) is 5.06. The normalized spacial score (nSPS) is 17.8. The number of amides is 1. The number of thioether (sulfide) groups is 1. The van der Waals surface area contributed by atoms with E-state index in [4.69, 9.17) is 0 Å². The molecule has 0 saturated heterocycles. The molecule has 2 heterocycles. The fourth-order valence-electron chi connectivity index (χ4n) is 2.64. The Morgan fingerprint density at radius 2 is 2.09 bits per heavy atom. The van der Waals surface area contributed by atoms with E-state index in [2.05, 4.69) is 23.0 Å². The number of anilines is 1. The zero-order valence-corrected chi connectivity index (χ0v) is 13.9. The second kappa shape index (κ2) is 6.08. The minimum Gasteiger partial charge on any atom is -0.307 e. The predicted octanol–water partition coefficient (Wildman–Crippen LogP) is 3.62. The van der Waals surface area contributed by atoms with E-state index in [0.717, 1.165) is 29.2 Å². The fourth-order valence-corrected chi connectivity index (χ4v) is 3.75. The van der Waals surface area contributed by atoms with Crippen molar-refractivity contribution in [1.29, 1.82) is 0 Å². The van der Waals surface area contributed by atoms with Gasteiger partial charge in [0.2, 0.25) is 0 Å². The van der Waals surface area contributed by atoms with E-state index in [1.165, 1.54) is 0 Å². The number of rotatable bonds is 1. The number of carbonyl (C=O) groups excluding carboxylic acids is 1. The lowest BCUT2D eigenvalue weighted by Crippen LogP contribution is -2.33. The molecule has 0 fully saturated rings. The van der Waals surface area contributed by atoms with E-state index in [0.29, 0.717) is 16.6 Å². The van der Waals surface area contributed by atoms with Crippen LogP contribution >= 0.6 is 11.8 Å². The summed E-state index contributed by atoms with van der Waals surface area (Å²) in [5.41, 5.74) is 2.31. The van der Waals surface area contributed by atoms with Crippen molar-refractivity contribution in [3.8, 4) is 0 Å². The van der Waals surface area contributed by atoms with E-state index in [1.807, 2.05) is 48.7 Å². The molecule has 1 unspecified atom stereocenters. The Hall–Kier alpha value is -1.88. The highest BCUT2D eigenvalue weighted by molar-refractivity contribution is 8.00. The largest absolute Gasteiger partial charge is 0.307 e. The van der Waals surface area contributed by atoms with Crippen LogP contribution < -0.4 is 4.90 Å². The number of hydrogen-bond acceptors (Lipinski definition) is 4. The van der Waals surface area contributed by atoms with Gasteiger partial charge < -0.3 is 4.90 Å². The first-order valence-electron chi connectivity index (χ1n) is 7.44. The molecule has 0 spiro atoms. The van der Waals surface area contributed by atoms with E-state index in [-0.39, 0.29) is 5.91 Å². The van der Waals surface area contributed by atoms with Crippen molar-refractivity contribution in [2.75, 3.05) is 11.4 Å². The van der Waals surface area contributed by atoms with Crippen LogP contribution in [0.1, 0.15) is 35.2 Å². The Kier molecular flexibility index (Phi) is 4.16. The van der Waals surface area contributed by atoms with Crippen LogP contribution in [0.4, 0.5) is 5.69 Å². The molecule has 0 aliphatic carbocycles. The van der Waals surface area contributed by atoms with Crippen molar-refractivity contribution in [3.63, 3.8) is 0 Å². The Labute approximate surface area is 135 Å². The maximum atomic E-state index is 13.0. The van der Waals surface area contributed by atoms with Crippen LogP contribution in [0.2, 0.25) is 0 Å². The molecule has 0 saturated carbocycles.